The van der Waals surface area contributed by atoms with Gasteiger partial charge in [-0.3, -0.25) is 4.79 Å². The Bertz CT molecular complexity index is 711. The van der Waals surface area contributed by atoms with Crippen LogP contribution in [0.4, 0.5) is 0 Å². The van der Waals surface area contributed by atoms with Crippen LogP contribution in [0.3, 0.4) is 0 Å². The first-order chi connectivity index (χ1) is 11.7. The average molecular weight is 345 g/mol. The molecule has 6 heteroatoms. The lowest BCUT2D eigenvalue weighted by molar-refractivity contribution is -0.145. The second kappa shape index (κ2) is 7.13. The number of amides is 1. The van der Waals surface area contributed by atoms with Gasteiger partial charge in [-0.05, 0) is 36.2 Å². The summed E-state index contributed by atoms with van der Waals surface area (Å²) in [7, 11) is 1.34. The van der Waals surface area contributed by atoms with E-state index in [4.69, 9.17) is 9.15 Å². The second-order valence-electron chi connectivity index (χ2n) is 5.50. The Kier molecular flexibility index (Phi) is 4.94. The Hall–Kier alpha value is -2.21. The molecule has 0 aliphatic carbocycles. The van der Waals surface area contributed by atoms with Crippen molar-refractivity contribution in [3.63, 3.8) is 0 Å². The number of ether oxygens (including phenoxy) is 1. The van der Waals surface area contributed by atoms with Crippen molar-refractivity contribution in [3.8, 4) is 0 Å². The van der Waals surface area contributed by atoms with Gasteiger partial charge in [0, 0.05) is 11.3 Å². The third-order valence-corrected chi connectivity index (χ3v) is 5.39. The minimum absolute atomic E-state index is 0.195. The van der Waals surface area contributed by atoms with E-state index in [2.05, 4.69) is 6.92 Å². The monoisotopic (exact) mass is 345 g/mol. The van der Waals surface area contributed by atoms with Gasteiger partial charge in [0.15, 0.2) is 0 Å². The van der Waals surface area contributed by atoms with E-state index in [0.717, 1.165) is 12.0 Å². The number of nitrogens with zero attached hydrogens (tertiary/aromatic N) is 1. The van der Waals surface area contributed by atoms with E-state index in [1.54, 1.807) is 29.4 Å². The standard InChI is InChI=1S/C18H19NO4S/c1-3-12-6-8-13(9-7-12)16(20)19-14(18(21)22-2)11-24-17(19)15-5-4-10-23-15/h4-10,14,17H,3,11H2,1-2H3. The SMILES string of the molecule is CCc1ccc(C(=O)N2C(C(=O)OC)CSC2c2ccco2)cc1. The molecule has 2 atom stereocenters. The van der Waals surface area contributed by atoms with Gasteiger partial charge in [-0.15, -0.1) is 11.8 Å². The van der Waals surface area contributed by atoms with Crippen molar-refractivity contribution in [3.05, 3.63) is 59.5 Å². The fourth-order valence-corrected chi connectivity index (χ4v) is 4.12. The number of esters is 1. The van der Waals surface area contributed by atoms with Crippen LogP contribution >= 0.6 is 11.8 Å². The van der Waals surface area contributed by atoms with Crippen LogP contribution in [-0.4, -0.2) is 35.7 Å². The van der Waals surface area contributed by atoms with Crippen LogP contribution in [0.1, 0.15) is 34.0 Å². The number of hydrogen-bond acceptors (Lipinski definition) is 5. The molecule has 5 nitrogen and oxygen atoms in total. The minimum Gasteiger partial charge on any atom is -0.467 e. The van der Waals surface area contributed by atoms with Crippen LogP contribution in [0.2, 0.25) is 0 Å². The van der Waals surface area contributed by atoms with Crippen molar-refractivity contribution in [1.82, 2.24) is 4.90 Å². The van der Waals surface area contributed by atoms with Crippen LogP contribution in [-0.2, 0) is 16.0 Å². The Morgan fingerprint density at radius 1 is 1.29 bits per heavy atom. The van der Waals surface area contributed by atoms with Crippen molar-refractivity contribution < 1.29 is 18.7 Å². The summed E-state index contributed by atoms with van der Waals surface area (Å²) in [6.07, 6.45) is 2.48. The lowest BCUT2D eigenvalue weighted by Gasteiger charge is -2.27. The largest absolute Gasteiger partial charge is 0.467 e. The summed E-state index contributed by atoms with van der Waals surface area (Å²) in [5, 5.41) is -0.331. The molecule has 1 aromatic heterocycles. The summed E-state index contributed by atoms with van der Waals surface area (Å²) in [6.45, 7) is 2.06. The molecule has 1 aliphatic rings. The van der Waals surface area contributed by atoms with Gasteiger partial charge in [-0.2, -0.15) is 0 Å². The molecular weight excluding hydrogens is 326 g/mol. The fourth-order valence-electron chi connectivity index (χ4n) is 2.76. The Morgan fingerprint density at radius 2 is 2.04 bits per heavy atom. The lowest BCUT2D eigenvalue weighted by atomic mass is 10.1. The number of aryl methyl sites for hydroxylation is 1. The van der Waals surface area contributed by atoms with Crippen LogP contribution in [0, 0.1) is 0 Å². The third kappa shape index (κ3) is 3.06. The van der Waals surface area contributed by atoms with Gasteiger partial charge in [0.2, 0.25) is 0 Å². The van der Waals surface area contributed by atoms with Crippen LogP contribution < -0.4 is 0 Å². The molecule has 1 aliphatic heterocycles. The van der Waals surface area contributed by atoms with Crippen molar-refractivity contribution in [2.45, 2.75) is 24.8 Å². The zero-order valence-electron chi connectivity index (χ0n) is 13.6. The molecule has 0 spiro atoms. The minimum atomic E-state index is -0.617. The van der Waals surface area contributed by atoms with Gasteiger partial charge < -0.3 is 14.1 Å². The topological polar surface area (TPSA) is 59.8 Å². The zero-order valence-corrected chi connectivity index (χ0v) is 14.4. The molecule has 24 heavy (non-hydrogen) atoms. The zero-order chi connectivity index (χ0) is 17.1. The highest BCUT2D eigenvalue weighted by molar-refractivity contribution is 7.99. The highest BCUT2D eigenvalue weighted by Gasteiger charge is 2.44. The van der Waals surface area contributed by atoms with Crippen molar-refractivity contribution in [2.75, 3.05) is 12.9 Å². The van der Waals surface area contributed by atoms with Crippen LogP contribution in [0.15, 0.2) is 47.1 Å². The van der Waals surface area contributed by atoms with E-state index in [9.17, 15) is 9.59 Å². The van der Waals surface area contributed by atoms with E-state index < -0.39 is 12.0 Å². The van der Waals surface area contributed by atoms with Gasteiger partial charge in [0.1, 0.15) is 17.2 Å². The molecule has 2 aromatic rings. The van der Waals surface area contributed by atoms with Gasteiger partial charge >= 0.3 is 5.97 Å². The highest BCUT2D eigenvalue weighted by atomic mass is 32.2. The summed E-state index contributed by atoms with van der Waals surface area (Å²) >= 11 is 1.50. The number of rotatable bonds is 4. The smallest absolute Gasteiger partial charge is 0.329 e. The first-order valence-corrected chi connectivity index (χ1v) is 8.85. The van der Waals surface area contributed by atoms with E-state index in [0.29, 0.717) is 17.1 Å². The van der Waals surface area contributed by atoms with Crippen molar-refractivity contribution >= 4 is 23.6 Å². The number of carbonyl (C=O) groups excluding carboxylic acids is 2. The molecule has 1 aromatic carbocycles. The quantitative estimate of drug-likeness (QED) is 0.796. The Morgan fingerprint density at radius 3 is 2.62 bits per heavy atom. The maximum atomic E-state index is 13.0. The number of benzene rings is 1. The number of methoxy groups -OCH3 is 1. The van der Waals surface area contributed by atoms with Gasteiger partial charge in [0.25, 0.3) is 5.91 Å². The summed E-state index contributed by atoms with van der Waals surface area (Å²) in [5.41, 5.74) is 1.72. The summed E-state index contributed by atoms with van der Waals surface area (Å²) in [6, 6.07) is 10.5. The summed E-state index contributed by atoms with van der Waals surface area (Å²) < 4.78 is 10.3. The molecule has 2 unspecified atom stereocenters. The molecule has 1 fully saturated rings. The van der Waals surface area contributed by atoms with E-state index in [-0.39, 0.29) is 11.3 Å². The Balaban J connectivity index is 1.93. The number of furan rings is 1. The predicted molar refractivity (Wildman–Crippen MR) is 91.7 cm³/mol. The van der Waals surface area contributed by atoms with Gasteiger partial charge in [0.05, 0.1) is 13.4 Å². The maximum Gasteiger partial charge on any atom is 0.329 e. The fraction of sp³-hybridized carbons (Fsp3) is 0.333. The number of carbonyl (C=O) groups is 2. The molecule has 2 heterocycles. The Labute approximate surface area is 145 Å². The highest BCUT2D eigenvalue weighted by Crippen LogP contribution is 2.42. The second-order valence-corrected chi connectivity index (χ2v) is 6.62. The van der Waals surface area contributed by atoms with Crippen LogP contribution in [0.25, 0.3) is 0 Å². The van der Waals surface area contributed by atoms with Crippen molar-refractivity contribution in [1.29, 1.82) is 0 Å². The lowest BCUT2D eigenvalue weighted by Crippen LogP contribution is -2.43. The van der Waals surface area contributed by atoms with E-state index >= 15 is 0 Å². The first-order valence-electron chi connectivity index (χ1n) is 7.80. The molecule has 3 rings (SSSR count). The molecule has 1 amide bonds. The first kappa shape index (κ1) is 16.6. The average Bonchev–Trinajstić information content (AvgIpc) is 3.29. The molecular formula is C18H19NO4S. The summed E-state index contributed by atoms with van der Waals surface area (Å²) in [5.74, 6) is 0.538. The third-order valence-electron chi connectivity index (χ3n) is 4.10. The van der Waals surface area contributed by atoms with E-state index in [1.165, 1.54) is 18.9 Å². The molecule has 0 N–H and O–H groups in total. The molecule has 0 saturated carbocycles. The predicted octanol–water partition coefficient (Wildman–Crippen LogP) is 3.27. The maximum absolute atomic E-state index is 13.0. The molecule has 126 valence electrons. The van der Waals surface area contributed by atoms with Gasteiger partial charge in [-0.1, -0.05) is 19.1 Å². The van der Waals surface area contributed by atoms with Crippen LogP contribution in [0.5, 0.6) is 0 Å². The van der Waals surface area contributed by atoms with Crippen molar-refractivity contribution in [2.24, 2.45) is 0 Å². The number of hydrogen-bond donors (Lipinski definition) is 0. The number of thioether (sulfide) groups is 1. The van der Waals surface area contributed by atoms with E-state index in [1.807, 2.05) is 18.2 Å². The molecule has 0 radical (unpaired) electrons. The normalized spacial score (nSPS) is 20.2. The molecule has 0 bridgehead atoms. The summed E-state index contributed by atoms with van der Waals surface area (Å²) in [4.78, 5) is 26.7. The molecule has 1 saturated heterocycles. The van der Waals surface area contributed by atoms with Gasteiger partial charge in [-0.25, -0.2) is 4.79 Å².